The van der Waals surface area contributed by atoms with Gasteiger partial charge in [0.1, 0.15) is 17.4 Å². The normalized spacial score (nSPS) is 14.7. The zero-order valence-electron chi connectivity index (χ0n) is 16.8. The van der Waals surface area contributed by atoms with Crippen LogP contribution in [-0.2, 0) is 11.0 Å². The molecule has 9 heteroatoms. The van der Waals surface area contributed by atoms with Gasteiger partial charge in [0.2, 0.25) is 0 Å². The van der Waals surface area contributed by atoms with Crippen molar-refractivity contribution in [3.05, 3.63) is 65.9 Å². The van der Waals surface area contributed by atoms with Crippen LogP contribution in [0.15, 0.2) is 60.3 Å². The number of methoxy groups -OCH3 is 1. The molecule has 1 aliphatic heterocycles. The van der Waals surface area contributed by atoms with E-state index in [1.54, 1.807) is 7.11 Å². The zero-order chi connectivity index (χ0) is 22.4. The number of benzene rings is 2. The second-order valence-corrected chi connectivity index (χ2v) is 6.88. The first-order valence-electron chi connectivity index (χ1n) is 9.54. The number of hydrogen-bond acceptors (Lipinski definition) is 5. The third-order valence-electron chi connectivity index (χ3n) is 4.86. The van der Waals surface area contributed by atoms with Gasteiger partial charge >= 0.3 is 6.18 Å². The fourth-order valence-electron chi connectivity index (χ4n) is 3.28. The van der Waals surface area contributed by atoms with Crippen molar-refractivity contribution >= 4 is 17.3 Å². The van der Waals surface area contributed by atoms with Crippen molar-refractivity contribution in [3.63, 3.8) is 0 Å². The maximum atomic E-state index is 12.8. The molecule has 1 saturated heterocycles. The number of halogens is 3. The van der Waals surface area contributed by atoms with E-state index in [0.717, 1.165) is 23.6 Å². The Morgan fingerprint density at radius 3 is 2.48 bits per heavy atom. The summed E-state index contributed by atoms with van der Waals surface area (Å²) in [5.41, 5.74) is -0.109. The van der Waals surface area contributed by atoms with Crippen LogP contribution in [0.1, 0.15) is 5.56 Å². The topological polar surface area (TPSA) is 68.6 Å². The van der Waals surface area contributed by atoms with Crippen LogP contribution in [0.2, 0.25) is 0 Å². The van der Waals surface area contributed by atoms with Crippen LogP contribution in [-0.4, -0.2) is 44.1 Å². The molecular weight excluding hydrogens is 409 g/mol. The molecule has 31 heavy (non-hydrogen) atoms. The zero-order valence-corrected chi connectivity index (χ0v) is 16.8. The van der Waals surface area contributed by atoms with Crippen molar-refractivity contribution < 1.29 is 22.7 Å². The highest BCUT2D eigenvalue weighted by Gasteiger charge is 2.30. The van der Waals surface area contributed by atoms with Crippen molar-refractivity contribution in [1.82, 2.24) is 4.90 Å². The molecule has 1 fully saturated rings. The molecule has 2 aromatic carbocycles. The van der Waals surface area contributed by atoms with Crippen molar-refractivity contribution in [2.24, 2.45) is 0 Å². The summed E-state index contributed by atoms with van der Waals surface area (Å²) in [5, 5.41) is 11.7. The Hall–Kier alpha value is -3.67. The summed E-state index contributed by atoms with van der Waals surface area (Å²) >= 11 is 0. The van der Waals surface area contributed by atoms with E-state index < -0.39 is 17.6 Å². The maximum absolute atomic E-state index is 12.8. The average molecular weight is 430 g/mol. The largest absolute Gasteiger partial charge is 0.495 e. The van der Waals surface area contributed by atoms with Gasteiger partial charge in [-0.3, -0.25) is 4.79 Å². The number of ether oxygens (including phenoxy) is 1. The first-order chi connectivity index (χ1) is 14.8. The van der Waals surface area contributed by atoms with Gasteiger partial charge in [-0.15, -0.1) is 0 Å². The molecule has 0 bridgehead atoms. The smallest absolute Gasteiger partial charge is 0.416 e. The predicted molar refractivity (Wildman–Crippen MR) is 111 cm³/mol. The number of anilines is 2. The first kappa shape index (κ1) is 22.0. The number of amides is 1. The summed E-state index contributed by atoms with van der Waals surface area (Å²) in [7, 11) is 1.61. The lowest BCUT2D eigenvalue weighted by Gasteiger charge is -2.36. The summed E-state index contributed by atoms with van der Waals surface area (Å²) in [6, 6.07) is 13.8. The van der Waals surface area contributed by atoms with E-state index in [-0.39, 0.29) is 11.3 Å². The Balaban J connectivity index is 1.65. The van der Waals surface area contributed by atoms with Gasteiger partial charge < -0.3 is 19.9 Å². The molecule has 1 heterocycles. The number of para-hydroxylation sites is 2. The molecule has 0 aromatic heterocycles. The molecule has 2 aromatic rings. The fraction of sp³-hybridized carbons (Fsp3) is 0.273. The fourth-order valence-corrected chi connectivity index (χ4v) is 3.28. The van der Waals surface area contributed by atoms with Gasteiger partial charge in [0.15, 0.2) is 0 Å². The molecule has 0 saturated carbocycles. The number of alkyl halides is 3. The van der Waals surface area contributed by atoms with Crippen molar-refractivity contribution in [3.8, 4) is 11.8 Å². The Morgan fingerprint density at radius 2 is 1.84 bits per heavy atom. The van der Waals surface area contributed by atoms with E-state index in [4.69, 9.17) is 4.74 Å². The second kappa shape index (κ2) is 9.43. The third-order valence-corrected chi connectivity index (χ3v) is 4.86. The highest BCUT2D eigenvalue weighted by atomic mass is 19.4. The highest BCUT2D eigenvalue weighted by molar-refractivity contribution is 6.06. The molecule has 0 unspecified atom stereocenters. The molecule has 1 N–H and O–H groups in total. The number of rotatable bonds is 5. The number of piperazine rings is 1. The minimum atomic E-state index is -4.52. The third kappa shape index (κ3) is 5.48. The molecular formula is C22H21F3N4O2. The monoisotopic (exact) mass is 430 g/mol. The van der Waals surface area contributed by atoms with Crippen LogP contribution in [0.3, 0.4) is 0 Å². The van der Waals surface area contributed by atoms with Gasteiger partial charge in [0, 0.05) is 38.1 Å². The number of nitrogens with one attached hydrogen (secondary N) is 1. The first-order valence-corrected chi connectivity index (χ1v) is 9.54. The van der Waals surface area contributed by atoms with Crippen LogP contribution in [0.4, 0.5) is 24.5 Å². The minimum absolute atomic E-state index is 0.0260. The van der Waals surface area contributed by atoms with E-state index in [9.17, 15) is 23.2 Å². The number of carbonyl (C=O) groups is 1. The Bertz CT molecular complexity index is 1010. The van der Waals surface area contributed by atoms with Gasteiger partial charge in [-0.2, -0.15) is 18.4 Å². The average Bonchev–Trinajstić information content (AvgIpc) is 2.77. The summed E-state index contributed by atoms with van der Waals surface area (Å²) in [6.07, 6.45) is -3.07. The molecule has 1 aliphatic rings. The van der Waals surface area contributed by atoms with E-state index in [2.05, 4.69) is 10.2 Å². The SMILES string of the molecule is COc1ccccc1N1CCN(/C=C(/C#N)C(=O)Nc2cccc(C(F)(F)F)c2)CC1. The summed E-state index contributed by atoms with van der Waals surface area (Å²) < 4.78 is 43.9. The van der Waals surface area contributed by atoms with Crippen LogP contribution < -0.4 is 15.0 Å². The second-order valence-electron chi connectivity index (χ2n) is 6.88. The van der Waals surface area contributed by atoms with Crippen LogP contribution in [0.5, 0.6) is 5.75 Å². The van der Waals surface area contributed by atoms with Crippen molar-refractivity contribution in [2.75, 3.05) is 43.5 Å². The Morgan fingerprint density at radius 1 is 1.13 bits per heavy atom. The van der Waals surface area contributed by atoms with Crippen molar-refractivity contribution in [1.29, 1.82) is 5.26 Å². The van der Waals surface area contributed by atoms with Gasteiger partial charge in [0.05, 0.1) is 18.4 Å². The van der Waals surface area contributed by atoms with E-state index in [1.807, 2.05) is 35.2 Å². The number of carbonyl (C=O) groups excluding carboxylic acids is 1. The summed E-state index contributed by atoms with van der Waals surface area (Å²) in [6.45, 7) is 2.45. The maximum Gasteiger partial charge on any atom is 0.416 e. The molecule has 1 amide bonds. The molecule has 162 valence electrons. The Labute approximate surface area is 178 Å². The van der Waals surface area contributed by atoms with Gasteiger partial charge in [-0.05, 0) is 30.3 Å². The Kier molecular flexibility index (Phi) is 6.70. The van der Waals surface area contributed by atoms with E-state index in [0.29, 0.717) is 26.2 Å². The molecule has 3 rings (SSSR count). The van der Waals surface area contributed by atoms with Crippen LogP contribution in [0.25, 0.3) is 0 Å². The minimum Gasteiger partial charge on any atom is -0.495 e. The van der Waals surface area contributed by atoms with Gasteiger partial charge in [-0.25, -0.2) is 0 Å². The van der Waals surface area contributed by atoms with E-state index in [1.165, 1.54) is 18.3 Å². The standard InChI is InChI=1S/C22H21F3N4O2/c1-31-20-8-3-2-7-19(20)29-11-9-28(10-12-29)15-16(14-26)21(30)27-18-6-4-5-17(13-18)22(23,24)25/h2-8,13,15H,9-12H2,1H3,(H,27,30)/b16-15-. The van der Waals surface area contributed by atoms with Crippen LogP contribution >= 0.6 is 0 Å². The lowest BCUT2D eigenvalue weighted by Crippen LogP contribution is -2.44. The molecule has 0 spiro atoms. The number of nitrogens with zero attached hydrogens (tertiary/aromatic N) is 3. The molecule has 0 atom stereocenters. The molecule has 6 nitrogen and oxygen atoms in total. The summed E-state index contributed by atoms with van der Waals surface area (Å²) in [4.78, 5) is 16.4. The summed E-state index contributed by atoms with van der Waals surface area (Å²) in [5.74, 6) is 0.0126. The lowest BCUT2D eigenvalue weighted by molar-refractivity contribution is -0.137. The van der Waals surface area contributed by atoms with Crippen LogP contribution in [0, 0.1) is 11.3 Å². The van der Waals surface area contributed by atoms with Gasteiger partial charge in [-0.1, -0.05) is 18.2 Å². The number of hydrogen-bond donors (Lipinski definition) is 1. The van der Waals surface area contributed by atoms with Gasteiger partial charge in [0.25, 0.3) is 5.91 Å². The highest BCUT2D eigenvalue weighted by Crippen LogP contribution is 2.31. The quantitative estimate of drug-likeness (QED) is 0.576. The predicted octanol–water partition coefficient (Wildman–Crippen LogP) is 3.88. The molecule has 0 radical (unpaired) electrons. The van der Waals surface area contributed by atoms with Crippen molar-refractivity contribution in [2.45, 2.75) is 6.18 Å². The number of nitriles is 1. The lowest BCUT2D eigenvalue weighted by atomic mass is 10.2. The van der Waals surface area contributed by atoms with E-state index >= 15 is 0 Å². The molecule has 0 aliphatic carbocycles.